The number of halogens is 1. The highest BCUT2D eigenvalue weighted by molar-refractivity contribution is 9.10. The van der Waals surface area contributed by atoms with Crippen LogP contribution in [0.15, 0.2) is 77.3 Å². The fourth-order valence-corrected chi connectivity index (χ4v) is 2.48. The van der Waals surface area contributed by atoms with Gasteiger partial charge in [-0.05, 0) is 34.4 Å². The molecule has 0 aliphatic heterocycles. The first-order chi connectivity index (χ1) is 9.33. The van der Waals surface area contributed by atoms with E-state index in [4.69, 9.17) is 0 Å². The largest absolute Gasteiger partial charge is 0.0622 e. The van der Waals surface area contributed by atoms with Gasteiger partial charge < -0.3 is 0 Å². The summed E-state index contributed by atoms with van der Waals surface area (Å²) in [4.78, 5) is 0. The first-order valence-corrected chi connectivity index (χ1v) is 6.95. The molecule has 3 rings (SSSR count). The third-order valence-corrected chi connectivity index (χ3v) is 3.55. The highest BCUT2D eigenvalue weighted by Gasteiger charge is 2.00. The van der Waals surface area contributed by atoms with E-state index in [2.05, 4.69) is 82.7 Å². The van der Waals surface area contributed by atoms with Crippen LogP contribution in [0.3, 0.4) is 0 Å². The Morgan fingerprint density at radius 2 is 1.21 bits per heavy atom. The van der Waals surface area contributed by atoms with E-state index in [0.29, 0.717) is 0 Å². The van der Waals surface area contributed by atoms with Crippen LogP contribution in [-0.4, -0.2) is 0 Å². The number of hydrogen-bond acceptors (Lipinski definition) is 0. The zero-order chi connectivity index (χ0) is 13.1. The van der Waals surface area contributed by atoms with Crippen molar-refractivity contribution in [3.05, 3.63) is 83.3 Å². The van der Waals surface area contributed by atoms with Crippen molar-refractivity contribution in [3.63, 3.8) is 0 Å². The molecule has 0 aliphatic carbocycles. The van der Waals surface area contributed by atoms with E-state index in [0.717, 1.165) is 4.47 Å². The highest BCUT2D eigenvalue weighted by atomic mass is 79.9. The van der Waals surface area contributed by atoms with Gasteiger partial charge >= 0.3 is 0 Å². The second kappa shape index (κ2) is 5.41. The molecule has 0 fully saturated rings. The van der Waals surface area contributed by atoms with Crippen molar-refractivity contribution in [1.29, 1.82) is 0 Å². The van der Waals surface area contributed by atoms with Crippen molar-refractivity contribution in [1.82, 2.24) is 0 Å². The molecule has 0 spiro atoms. The second-order valence-corrected chi connectivity index (χ2v) is 5.22. The highest BCUT2D eigenvalue weighted by Crippen LogP contribution is 2.26. The molecule has 0 bridgehead atoms. The van der Waals surface area contributed by atoms with E-state index in [9.17, 15) is 0 Å². The number of hydrogen-bond donors (Lipinski definition) is 0. The lowest BCUT2D eigenvalue weighted by Gasteiger charge is -2.05. The monoisotopic (exact) mass is 307 g/mol. The Hall–Kier alpha value is -1.86. The van der Waals surface area contributed by atoms with Gasteiger partial charge in [-0.1, -0.05) is 82.7 Å². The Bertz CT molecular complexity index is 670. The Labute approximate surface area is 121 Å². The minimum Gasteiger partial charge on any atom is -0.0622 e. The first-order valence-electron chi connectivity index (χ1n) is 6.16. The van der Waals surface area contributed by atoms with E-state index < -0.39 is 0 Å². The summed E-state index contributed by atoms with van der Waals surface area (Å²) < 4.78 is 0.983. The minimum absolute atomic E-state index is 0.983. The maximum Gasteiger partial charge on any atom is 0.0260 e. The molecule has 0 nitrogen and oxygen atoms in total. The van der Waals surface area contributed by atoms with E-state index in [1.165, 1.54) is 22.3 Å². The lowest BCUT2D eigenvalue weighted by Crippen LogP contribution is -1.80. The Balaban J connectivity index is 1.95. The Kier molecular flexibility index (Phi) is 3.47. The second-order valence-electron chi connectivity index (χ2n) is 4.37. The van der Waals surface area contributed by atoms with Gasteiger partial charge in [0, 0.05) is 4.47 Å². The molecule has 0 N–H and O–H groups in total. The fraction of sp³-hybridized carbons (Fsp3) is 0. The zero-order valence-corrected chi connectivity index (χ0v) is 11.9. The number of rotatable bonds is 2. The van der Waals surface area contributed by atoms with Gasteiger partial charge in [-0.2, -0.15) is 0 Å². The standard InChI is InChI=1S/C18H12Br/c19-18-8-4-7-17(13-18)16-11-9-15(10-12-16)14-5-2-1-3-6-14/h1-7,9-13H. The molecular formula is C18H12Br. The molecular weight excluding hydrogens is 296 g/mol. The number of benzene rings is 3. The van der Waals surface area contributed by atoms with E-state index in [-0.39, 0.29) is 0 Å². The zero-order valence-electron chi connectivity index (χ0n) is 10.3. The molecule has 19 heavy (non-hydrogen) atoms. The summed E-state index contributed by atoms with van der Waals surface area (Å²) in [6.45, 7) is 0. The lowest BCUT2D eigenvalue weighted by atomic mass is 10.0. The summed E-state index contributed by atoms with van der Waals surface area (Å²) in [6.07, 6.45) is 0. The third kappa shape index (κ3) is 2.77. The summed E-state index contributed by atoms with van der Waals surface area (Å²) in [5.41, 5.74) is 4.90. The van der Waals surface area contributed by atoms with Crippen LogP contribution in [0.25, 0.3) is 22.3 Å². The molecule has 0 atom stereocenters. The minimum atomic E-state index is 0.983. The van der Waals surface area contributed by atoms with Crippen LogP contribution >= 0.6 is 15.9 Å². The van der Waals surface area contributed by atoms with Crippen molar-refractivity contribution in [2.75, 3.05) is 0 Å². The average Bonchev–Trinajstić information content (AvgIpc) is 2.48. The quantitative estimate of drug-likeness (QED) is 0.579. The van der Waals surface area contributed by atoms with E-state index in [1.54, 1.807) is 0 Å². The summed E-state index contributed by atoms with van der Waals surface area (Å²) in [5, 5.41) is 0. The van der Waals surface area contributed by atoms with Crippen LogP contribution in [0.5, 0.6) is 0 Å². The fourth-order valence-electron chi connectivity index (χ4n) is 2.10. The van der Waals surface area contributed by atoms with Gasteiger partial charge in [0.25, 0.3) is 0 Å². The first kappa shape index (κ1) is 12.2. The Morgan fingerprint density at radius 1 is 0.632 bits per heavy atom. The molecule has 1 radical (unpaired) electrons. The van der Waals surface area contributed by atoms with Crippen molar-refractivity contribution < 1.29 is 0 Å². The maximum absolute atomic E-state index is 3.46. The van der Waals surface area contributed by atoms with Crippen LogP contribution in [0, 0.1) is 6.07 Å². The van der Waals surface area contributed by atoms with Crippen LogP contribution in [-0.2, 0) is 0 Å². The van der Waals surface area contributed by atoms with Gasteiger partial charge in [-0.25, -0.2) is 0 Å². The summed E-state index contributed by atoms with van der Waals surface area (Å²) in [6, 6.07) is 28.2. The summed E-state index contributed by atoms with van der Waals surface area (Å²) in [5.74, 6) is 0. The smallest absolute Gasteiger partial charge is 0.0260 e. The van der Waals surface area contributed by atoms with Crippen LogP contribution in [0.1, 0.15) is 0 Å². The lowest BCUT2D eigenvalue weighted by molar-refractivity contribution is 1.57. The van der Waals surface area contributed by atoms with E-state index >= 15 is 0 Å². The molecule has 1 heteroatoms. The van der Waals surface area contributed by atoms with Gasteiger partial charge in [-0.3, -0.25) is 0 Å². The van der Waals surface area contributed by atoms with Crippen molar-refractivity contribution >= 4 is 15.9 Å². The summed E-state index contributed by atoms with van der Waals surface area (Å²) >= 11 is 3.46. The predicted octanol–water partition coefficient (Wildman–Crippen LogP) is 5.58. The van der Waals surface area contributed by atoms with Gasteiger partial charge in [-0.15, -0.1) is 0 Å². The van der Waals surface area contributed by atoms with Crippen LogP contribution in [0.4, 0.5) is 0 Å². The molecule has 0 amide bonds. The van der Waals surface area contributed by atoms with E-state index in [1.807, 2.05) is 12.1 Å². The van der Waals surface area contributed by atoms with Gasteiger partial charge in [0.2, 0.25) is 0 Å². The normalized spacial score (nSPS) is 10.4. The molecule has 0 saturated heterocycles. The SMILES string of the molecule is Brc1[c]ccc(-c2ccc(-c3ccccc3)cc2)c1. The van der Waals surface area contributed by atoms with Crippen molar-refractivity contribution in [3.8, 4) is 22.3 Å². The van der Waals surface area contributed by atoms with Gasteiger partial charge in [0.1, 0.15) is 0 Å². The van der Waals surface area contributed by atoms with Crippen LogP contribution in [0.2, 0.25) is 0 Å². The van der Waals surface area contributed by atoms with Gasteiger partial charge in [0.15, 0.2) is 0 Å². The Morgan fingerprint density at radius 3 is 1.84 bits per heavy atom. The third-order valence-electron chi connectivity index (χ3n) is 3.09. The molecule has 3 aromatic rings. The molecule has 3 aromatic carbocycles. The summed E-state index contributed by atoms with van der Waals surface area (Å²) in [7, 11) is 0. The molecule has 0 unspecified atom stereocenters. The maximum atomic E-state index is 3.46. The van der Waals surface area contributed by atoms with Crippen LogP contribution < -0.4 is 0 Å². The topological polar surface area (TPSA) is 0 Å². The molecule has 0 heterocycles. The average molecular weight is 308 g/mol. The van der Waals surface area contributed by atoms with Crippen molar-refractivity contribution in [2.45, 2.75) is 0 Å². The van der Waals surface area contributed by atoms with Gasteiger partial charge in [0.05, 0.1) is 0 Å². The molecule has 0 aromatic heterocycles. The predicted molar refractivity (Wildman–Crippen MR) is 83.9 cm³/mol. The molecule has 0 saturated carbocycles. The molecule has 91 valence electrons. The molecule has 0 aliphatic rings. The van der Waals surface area contributed by atoms with Crippen molar-refractivity contribution in [2.24, 2.45) is 0 Å².